The second-order valence-corrected chi connectivity index (χ2v) is 4.45. The molecule has 0 bridgehead atoms. The Morgan fingerprint density at radius 1 is 1.05 bits per heavy atom. The molecule has 2 N–H and O–H groups in total. The zero-order valence-electron chi connectivity index (χ0n) is 11.1. The van der Waals surface area contributed by atoms with Crippen LogP contribution in [0.15, 0.2) is 42.5 Å². The van der Waals surface area contributed by atoms with E-state index in [2.05, 4.69) is 0 Å². The predicted molar refractivity (Wildman–Crippen MR) is 70.4 cm³/mol. The Morgan fingerprint density at radius 2 is 1.71 bits per heavy atom. The number of rotatable bonds is 3. The highest BCUT2D eigenvalue weighted by Crippen LogP contribution is 2.34. The van der Waals surface area contributed by atoms with Crippen LogP contribution in [-0.2, 0) is 6.18 Å². The summed E-state index contributed by atoms with van der Waals surface area (Å²) in [4.78, 5) is 0. The van der Waals surface area contributed by atoms with E-state index < -0.39 is 23.6 Å². The highest BCUT2D eigenvalue weighted by molar-refractivity contribution is 5.42. The number of para-hydroxylation sites is 1. The Hall–Kier alpha value is -2.08. The van der Waals surface area contributed by atoms with Crippen molar-refractivity contribution in [1.29, 1.82) is 0 Å². The number of methoxy groups -OCH3 is 1. The first kappa shape index (κ1) is 15.3. The van der Waals surface area contributed by atoms with Gasteiger partial charge in [0.05, 0.1) is 18.7 Å². The molecule has 2 aromatic rings. The van der Waals surface area contributed by atoms with Gasteiger partial charge in [0.15, 0.2) is 0 Å². The fourth-order valence-electron chi connectivity index (χ4n) is 2.05. The molecule has 0 spiro atoms. The van der Waals surface area contributed by atoms with Gasteiger partial charge in [-0.05, 0) is 24.3 Å². The summed E-state index contributed by atoms with van der Waals surface area (Å²) in [5.74, 6) is -0.400. The maximum atomic E-state index is 13.8. The summed E-state index contributed by atoms with van der Waals surface area (Å²) >= 11 is 0. The van der Waals surface area contributed by atoms with E-state index in [1.807, 2.05) is 0 Å². The first-order valence-corrected chi connectivity index (χ1v) is 6.09. The highest BCUT2D eigenvalue weighted by Gasteiger charge is 2.32. The first-order chi connectivity index (χ1) is 9.84. The Kier molecular flexibility index (Phi) is 4.18. The van der Waals surface area contributed by atoms with Crippen LogP contribution >= 0.6 is 0 Å². The molecule has 6 heteroatoms. The number of halogens is 4. The Balaban J connectivity index is 2.50. The molecule has 0 heterocycles. The van der Waals surface area contributed by atoms with Crippen LogP contribution in [0.1, 0.15) is 22.7 Å². The number of ether oxygens (including phenoxy) is 1. The Labute approximate surface area is 119 Å². The topological polar surface area (TPSA) is 35.2 Å². The van der Waals surface area contributed by atoms with Crippen molar-refractivity contribution >= 4 is 0 Å². The first-order valence-electron chi connectivity index (χ1n) is 6.09. The van der Waals surface area contributed by atoms with E-state index in [4.69, 9.17) is 10.5 Å². The maximum absolute atomic E-state index is 13.8. The van der Waals surface area contributed by atoms with Crippen molar-refractivity contribution in [3.63, 3.8) is 0 Å². The van der Waals surface area contributed by atoms with Gasteiger partial charge >= 0.3 is 6.18 Å². The molecule has 2 nitrogen and oxygen atoms in total. The van der Waals surface area contributed by atoms with Crippen molar-refractivity contribution in [2.45, 2.75) is 12.2 Å². The largest absolute Gasteiger partial charge is 0.496 e. The SMILES string of the molecule is COc1ccccc1C(N)c1cc(C(F)(F)F)ccc1F. The molecule has 0 radical (unpaired) electrons. The third-order valence-corrected chi connectivity index (χ3v) is 3.13. The molecule has 0 aliphatic rings. The molecule has 0 amide bonds. The van der Waals surface area contributed by atoms with E-state index >= 15 is 0 Å². The van der Waals surface area contributed by atoms with Crippen molar-refractivity contribution in [2.75, 3.05) is 7.11 Å². The molecule has 112 valence electrons. The zero-order chi connectivity index (χ0) is 15.6. The van der Waals surface area contributed by atoms with Crippen LogP contribution in [0.3, 0.4) is 0 Å². The third kappa shape index (κ3) is 3.16. The summed E-state index contributed by atoms with van der Waals surface area (Å²) in [6.07, 6.45) is -4.55. The molecule has 0 fully saturated rings. The number of benzene rings is 2. The smallest absolute Gasteiger partial charge is 0.416 e. The zero-order valence-corrected chi connectivity index (χ0v) is 11.1. The van der Waals surface area contributed by atoms with Gasteiger partial charge in [-0.2, -0.15) is 13.2 Å². The fourth-order valence-corrected chi connectivity index (χ4v) is 2.05. The van der Waals surface area contributed by atoms with Gasteiger partial charge in [0, 0.05) is 11.1 Å². The summed E-state index contributed by atoms with van der Waals surface area (Å²) in [7, 11) is 1.41. The summed E-state index contributed by atoms with van der Waals surface area (Å²) in [5, 5.41) is 0. The molecule has 0 aliphatic heterocycles. The molecule has 0 aliphatic carbocycles. The molecule has 0 saturated heterocycles. The molecule has 21 heavy (non-hydrogen) atoms. The van der Waals surface area contributed by atoms with Crippen molar-refractivity contribution in [1.82, 2.24) is 0 Å². The van der Waals surface area contributed by atoms with Crippen LogP contribution in [-0.4, -0.2) is 7.11 Å². The van der Waals surface area contributed by atoms with E-state index in [-0.39, 0.29) is 5.56 Å². The monoisotopic (exact) mass is 299 g/mol. The Morgan fingerprint density at radius 3 is 2.33 bits per heavy atom. The normalized spacial score (nSPS) is 13.0. The second kappa shape index (κ2) is 5.73. The van der Waals surface area contributed by atoms with E-state index in [9.17, 15) is 17.6 Å². The molecule has 2 rings (SSSR count). The van der Waals surface area contributed by atoms with Gasteiger partial charge in [-0.15, -0.1) is 0 Å². The average molecular weight is 299 g/mol. The lowest BCUT2D eigenvalue weighted by molar-refractivity contribution is -0.137. The minimum Gasteiger partial charge on any atom is -0.496 e. The lowest BCUT2D eigenvalue weighted by Crippen LogP contribution is -2.16. The Bertz CT molecular complexity index is 640. The van der Waals surface area contributed by atoms with Gasteiger partial charge < -0.3 is 10.5 Å². The lowest BCUT2D eigenvalue weighted by atomic mass is 9.96. The van der Waals surface area contributed by atoms with E-state index in [1.165, 1.54) is 7.11 Å². The van der Waals surface area contributed by atoms with Crippen LogP contribution in [0.5, 0.6) is 5.75 Å². The number of hydrogen-bond donors (Lipinski definition) is 1. The summed E-state index contributed by atoms with van der Waals surface area (Å²) in [6, 6.07) is 7.68. The second-order valence-electron chi connectivity index (χ2n) is 4.45. The van der Waals surface area contributed by atoms with Crippen LogP contribution in [0.4, 0.5) is 17.6 Å². The average Bonchev–Trinajstić information content (AvgIpc) is 2.45. The molecule has 1 unspecified atom stereocenters. The molecular formula is C15H13F4NO. The fraction of sp³-hybridized carbons (Fsp3) is 0.200. The molecule has 0 saturated carbocycles. The highest BCUT2D eigenvalue weighted by atomic mass is 19.4. The van der Waals surface area contributed by atoms with Gasteiger partial charge in [0.2, 0.25) is 0 Å². The van der Waals surface area contributed by atoms with Gasteiger partial charge in [0.25, 0.3) is 0 Å². The van der Waals surface area contributed by atoms with Gasteiger partial charge in [-0.1, -0.05) is 18.2 Å². The van der Waals surface area contributed by atoms with Crippen LogP contribution in [0.25, 0.3) is 0 Å². The quantitative estimate of drug-likeness (QED) is 0.872. The van der Waals surface area contributed by atoms with Crippen molar-refractivity contribution in [3.05, 3.63) is 65.0 Å². The number of nitrogens with two attached hydrogens (primary N) is 1. The van der Waals surface area contributed by atoms with Crippen molar-refractivity contribution in [2.24, 2.45) is 5.73 Å². The van der Waals surface area contributed by atoms with Crippen molar-refractivity contribution in [3.8, 4) is 5.75 Å². The maximum Gasteiger partial charge on any atom is 0.416 e. The van der Waals surface area contributed by atoms with Crippen LogP contribution in [0, 0.1) is 5.82 Å². The van der Waals surface area contributed by atoms with E-state index in [0.29, 0.717) is 17.4 Å². The minimum absolute atomic E-state index is 0.227. The van der Waals surface area contributed by atoms with Gasteiger partial charge in [-0.25, -0.2) is 4.39 Å². The minimum atomic E-state index is -4.55. The number of hydrogen-bond acceptors (Lipinski definition) is 2. The molecule has 0 aromatic heterocycles. The summed E-state index contributed by atoms with van der Waals surface area (Å²) in [6.45, 7) is 0. The number of alkyl halides is 3. The lowest BCUT2D eigenvalue weighted by Gasteiger charge is -2.18. The molecule has 1 atom stereocenters. The predicted octanol–water partition coefficient (Wildman–Crippen LogP) is 3.90. The van der Waals surface area contributed by atoms with Gasteiger partial charge in [0.1, 0.15) is 11.6 Å². The van der Waals surface area contributed by atoms with E-state index in [1.54, 1.807) is 24.3 Å². The standard InChI is InChI=1S/C15H13F4NO/c1-21-13-5-3-2-4-10(13)14(20)11-8-9(15(17,18)19)6-7-12(11)16/h2-8,14H,20H2,1H3. The third-order valence-electron chi connectivity index (χ3n) is 3.13. The molecule has 2 aromatic carbocycles. The van der Waals surface area contributed by atoms with Crippen LogP contribution < -0.4 is 10.5 Å². The summed E-state index contributed by atoms with van der Waals surface area (Å²) in [5.41, 5.74) is 5.17. The summed E-state index contributed by atoms with van der Waals surface area (Å²) < 4.78 is 57.1. The van der Waals surface area contributed by atoms with Crippen molar-refractivity contribution < 1.29 is 22.3 Å². The van der Waals surface area contributed by atoms with Crippen LogP contribution in [0.2, 0.25) is 0 Å². The molecular weight excluding hydrogens is 286 g/mol. The van der Waals surface area contributed by atoms with Gasteiger partial charge in [-0.3, -0.25) is 0 Å². The van der Waals surface area contributed by atoms with E-state index in [0.717, 1.165) is 12.1 Å².